The molecule has 1 heterocycles. The average Bonchev–Trinajstić information content (AvgIpc) is 2.06. The Kier molecular flexibility index (Phi) is 2.93. The predicted octanol–water partition coefficient (Wildman–Crippen LogP) is 1.37. The number of alkyl halides is 3. The zero-order chi connectivity index (χ0) is 10.8. The highest BCUT2D eigenvalue weighted by molar-refractivity contribution is 4.99. The van der Waals surface area contributed by atoms with E-state index in [1.807, 2.05) is 0 Å². The minimum absolute atomic E-state index is 0.429. The van der Waals surface area contributed by atoms with Gasteiger partial charge in [-0.3, -0.25) is 4.79 Å². The summed E-state index contributed by atoms with van der Waals surface area (Å²) < 4.78 is 36.3. The molecule has 14 heavy (non-hydrogen) atoms. The summed E-state index contributed by atoms with van der Waals surface area (Å²) in [6, 6.07) is 2.52. The molecule has 0 radical (unpaired) electrons. The maximum Gasteiger partial charge on any atom is 0.408 e. The van der Waals surface area contributed by atoms with Gasteiger partial charge < -0.3 is 0 Å². The van der Waals surface area contributed by atoms with Crippen molar-refractivity contribution in [1.82, 2.24) is 9.78 Å². The van der Waals surface area contributed by atoms with Gasteiger partial charge in [-0.15, -0.1) is 0 Å². The van der Waals surface area contributed by atoms with E-state index in [1.54, 1.807) is 6.92 Å². The van der Waals surface area contributed by atoms with Crippen LogP contribution in [0.2, 0.25) is 0 Å². The number of nitrogens with zero attached hydrogens (tertiary/aromatic N) is 2. The third-order valence-corrected chi connectivity index (χ3v) is 1.61. The summed E-state index contributed by atoms with van der Waals surface area (Å²) in [6.07, 6.45) is -3.92. The number of rotatable bonds is 2. The fourth-order valence-electron chi connectivity index (χ4n) is 0.963. The van der Waals surface area contributed by atoms with E-state index >= 15 is 0 Å². The zero-order valence-corrected chi connectivity index (χ0v) is 7.51. The van der Waals surface area contributed by atoms with Crippen LogP contribution in [0.1, 0.15) is 12.6 Å². The highest BCUT2D eigenvalue weighted by Gasteiger charge is 2.29. The number of aromatic nitrogens is 2. The van der Waals surface area contributed by atoms with Crippen LogP contribution in [0.5, 0.6) is 0 Å². The fraction of sp³-hybridized carbons (Fsp3) is 0.500. The number of aryl methyl sites for hydroxylation is 1. The van der Waals surface area contributed by atoms with E-state index in [0.717, 1.165) is 6.07 Å². The summed E-state index contributed by atoms with van der Waals surface area (Å²) in [5, 5.41) is 3.56. The lowest BCUT2D eigenvalue weighted by atomic mass is 10.3. The first-order chi connectivity index (χ1) is 6.42. The van der Waals surface area contributed by atoms with Crippen LogP contribution in [0.4, 0.5) is 13.2 Å². The van der Waals surface area contributed by atoms with Crippen LogP contribution in [-0.2, 0) is 13.0 Å². The summed E-state index contributed by atoms with van der Waals surface area (Å²) in [6.45, 7) is 0.421. The molecule has 0 aromatic carbocycles. The number of hydrogen-bond donors (Lipinski definition) is 0. The molecule has 0 bridgehead atoms. The molecule has 1 rings (SSSR count). The van der Waals surface area contributed by atoms with E-state index in [4.69, 9.17) is 0 Å². The molecular weight excluding hydrogens is 197 g/mol. The Morgan fingerprint density at radius 3 is 2.57 bits per heavy atom. The third-order valence-electron chi connectivity index (χ3n) is 1.61. The number of halogens is 3. The van der Waals surface area contributed by atoms with Gasteiger partial charge in [0.2, 0.25) is 0 Å². The standard InChI is InChI=1S/C8H9F3N2O/c1-2-6-3-4-7(14)13(12-6)5-8(9,10)11/h3-4H,2,5H2,1H3. The minimum atomic E-state index is -4.41. The molecule has 0 saturated heterocycles. The molecule has 1 aromatic rings. The molecule has 0 spiro atoms. The molecule has 3 nitrogen and oxygen atoms in total. The van der Waals surface area contributed by atoms with Gasteiger partial charge in [0.15, 0.2) is 0 Å². The third kappa shape index (κ3) is 2.86. The van der Waals surface area contributed by atoms with Gasteiger partial charge >= 0.3 is 6.18 Å². The first-order valence-corrected chi connectivity index (χ1v) is 4.06. The van der Waals surface area contributed by atoms with E-state index in [9.17, 15) is 18.0 Å². The highest BCUT2D eigenvalue weighted by Crippen LogP contribution is 2.15. The van der Waals surface area contributed by atoms with Crippen molar-refractivity contribution in [3.63, 3.8) is 0 Å². The molecule has 0 N–H and O–H groups in total. The van der Waals surface area contributed by atoms with E-state index in [-0.39, 0.29) is 0 Å². The Labute approximate surface area is 78.2 Å². The summed E-state index contributed by atoms with van der Waals surface area (Å²) in [5.41, 5.74) is -0.270. The Bertz CT molecular complexity index is 370. The maximum absolute atomic E-state index is 12.0. The van der Waals surface area contributed by atoms with Gasteiger partial charge in [-0.2, -0.15) is 18.3 Å². The molecule has 0 amide bonds. The topological polar surface area (TPSA) is 34.9 Å². The SMILES string of the molecule is CCc1ccc(=O)n(CC(F)(F)F)n1. The molecule has 0 fully saturated rings. The number of hydrogen-bond acceptors (Lipinski definition) is 2. The van der Waals surface area contributed by atoms with Gasteiger partial charge in [0.25, 0.3) is 5.56 Å². The van der Waals surface area contributed by atoms with E-state index in [2.05, 4.69) is 5.10 Å². The van der Waals surface area contributed by atoms with E-state index in [0.29, 0.717) is 16.8 Å². The molecule has 0 unspecified atom stereocenters. The summed E-state index contributed by atoms with van der Waals surface area (Å²) >= 11 is 0. The van der Waals surface area contributed by atoms with Crippen LogP contribution in [0.3, 0.4) is 0 Å². The Balaban J connectivity index is 3.01. The zero-order valence-electron chi connectivity index (χ0n) is 7.51. The lowest BCUT2D eigenvalue weighted by Crippen LogP contribution is -2.30. The molecule has 0 atom stereocenters. The lowest BCUT2D eigenvalue weighted by Gasteiger charge is -2.08. The minimum Gasteiger partial charge on any atom is -0.268 e. The van der Waals surface area contributed by atoms with Crippen LogP contribution < -0.4 is 5.56 Å². The van der Waals surface area contributed by atoms with Crippen molar-refractivity contribution in [2.24, 2.45) is 0 Å². The van der Waals surface area contributed by atoms with Crippen molar-refractivity contribution in [3.05, 3.63) is 28.2 Å². The molecule has 78 valence electrons. The van der Waals surface area contributed by atoms with E-state index in [1.165, 1.54) is 6.07 Å². The van der Waals surface area contributed by atoms with Gasteiger partial charge in [0, 0.05) is 6.07 Å². The van der Waals surface area contributed by atoms with Crippen LogP contribution in [0, 0.1) is 0 Å². The second-order valence-electron chi connectivity index (χ2n) is 2.79. The molecule has 0 aliphatic heterocycles. The summed E-state index contributed by atoms with van der Waals surface area (Å²) in [7, 11) is 0. The van der Waals surface area contributed by atoms with Crippen molar-refractivity contribution in [3.8, 4) is 0 Å². The van der Waals surface area contributed by atoms with Gasteiger partial charge in [0.05, 0.1) is 5.69 Å². The van der Waals surface area contributed by atoms with Gasteiger partial charge in [-0.25, -0.2) is 4.68 Å². The van der Waals surface area contributed by atoms with Crippen molar-refractivity contribution in [2.45, 2.75) is 26.1 Å². The largest absolute Gasteiger partial charge is 0.408 e. The molecule has 0 aliphatic rings. The summed E-state index contributed by atoms with van der Waals surface area (Å²) in [4.78, 5) is 11.0. The van der Waals surface area contributed by atoms with Gasteiger partial charge in [-0.1, -0.05) is 6.92 Å². The Hall–Kier alpha value is -1.33. The molecule has 0 aliphatic carbocycles. The van der Waals surface area contributed by atoms with Crippen LogP contribution in [0.25, 0.3) is 0 Å². The first-order valence-electron chi connectivity index (χ1n) is 4.06. The normalized spacial score (nSPS) is 11.7. The smallest absolute Gasteiger partial charge is 0.268 e. The summed E-state index contributed by atoms with van der Waals surface area (Å²) in [5.74, 6) is 0. The van der Waals surface area contributed by atoms with Crippen LogP contribution >= 0.6 is 0 Å². The predicted molar refractivity (Wildman–Crippen MR) is 43.9 cm³/mol. The van der Waals surface area contributed by atoms with E-state index < -0.39 is 18.3 Å². The fourth-order valence-corrected chi connectivity index (χ4v) is 0.963. The first kappa shape index (κ1) is 10.7. The quantitative estimate of drug-likeness (QED) is 0.732. The van der Waals surface area contributed by atoms with Crippen molar-refractivity contribution >= 4 is 0 Å². The van der Waals surface area contributed by atoms with Crippen molar-refractivity contribution < 1.29 is 13.2 Å². The molecule has 6 heteroatoms. The average molecular weight is 206 g/mol. The Morgan fingerprint density at radius 2 is 2.07 bits per heavy atom. The van der Waals surface area contributed by atoms with Crippen LogP contribution in [-0.4, -0.2) is 16.0 Å². The monoisotopic (exact) mass is 206 g/mol. The molecule has 1 aromatic heterocycles. The molecule has 0 saturated carbocycles. The lowest BCUT2D eigenvalue weighted by molar-refractivity contribution is -0.143. The van der Waals surface area contributed by atoms with Crippen molar-refractivity contribution in [2.75, 3.05) is 0 Å². The second-order valence-corrected chi connectivity index (χ2v) is 2.79. The van der Waals surface area contributed by atoms with Gasteiger partial charge in [0.1, 0.15) is 6.54 Å². The highest BCUT2D eigenvalue weighted by atomic mass is 19.4. The molecular formula is C8H9F3N2O. The van der Waals surface area contributed by atoms with Gasteiger partial charge in [-0.05, 0) is 12.5 Å². The van der Waals surface area contributed by atoms with Crippen LogP contribution in [0.15, 0.2) is 16.9 Å². The second kappa shape index (κ2) is 3.81. The maximum atomic E-state index is 12.0. The Morgan fingerprint density at radius 1 is 1.43 bits per heavy atom. The van der Waals surface area contributed by atoms with Crippen molar-refractivity contribution in [1.29, 1.82) is 0 Å².